The van der Waals surface area contributed by atoms with Gasteiger partial charge < -0.3 is 15.2 Å². The van der Waals surface area contributed by atoms with Crippen LogP contribution < -0.4 is 10.6 Å². The normalized spacial score (nSPS) is 20.2. The molecular formula is C13H21N5O. The van der Waals surface area contributed by atoms with Gasteiger partial charge in [-0.05, 0) is 0 Å². The zero-order chi connectivity index (χ0) is 13.7. The lowest BCUT2D eigenvalue weighted by molar-refractivity contribution is -0.122. The predicted molar refractivity (Wildman–Crippen MR) is 73.6 cm³/mol. The second-order valence-electron chi connectivity index (χ2n) is 4.68. The number of nitrogens with zero attached hydrogens (tertiary/aromatic N) is 3. The molecule has 104 valence electrons. The smallest absolute Gasteiger partial charge is 0.234 e. The molecule has 1 unspecified atom stereocenters. The van der Waals surface area contributed by atoms with Gasteiger partial charge in [-0.25, -0.2) is 4.98 Å². The van der Waals surface area contributed by atoms with Crippen LogP contribution in [0.5, 0.6) is 0 Å². The van der Waals surface area contributed by atoms with Gasteiger partial charge in [0.15, 0.2) is 0 Å². The number of aryl methyl sites for hydroxylation is 1. The van der Waals surface area contributed by atoms with E-state index in [1.807, 2.05) is 17.8 Å². The quantitative estimate of drug-likeness (QED) is 0.714. The summed E-state index contributed by atoms with van der Waals surface area (Å²) in [4.78, 5) is 18.4. The fourth-order valence-corrected chi connectivity index (χ4v) is 2.31. The van der Waals surface area contributed by atoms with Crippen LogP contribution in [0.4, 0.5) is 0 Å². The van der Waals surface area contributed by atoms with E-state index in [2.05, 4.69) is 27.1 Å². The Labute approximate surface area is 113 Å². The number of nitrogens with one attached hydrogen (secondary N) is 2. The zero-order valence-electron chi connectivity index (χ0n) is 11.3. The average Bonchev–Trinajstić information content (AvgIpc) is 2.83. The summed E-state index contributed by atoms with van der Waals surface area (Å²) in [5.41, 5.74) is 0. The molecule has 19 heavy (non-hydrogen) atoms. The maximum absolute atomic E-state index is 11.8. The minimum atomic E-state index is 0.0287. The molecule has 0 aliphatic carbocycles. The van der Waals surface area contributed by atoms with Crippen LogP contribution in [0, 0.1) is 0 Å². The molecule has 1 aromatic rings. The van der Waals surface area contributed by atoms with Gasteiger partial charge in [0.05, 0.1) is 12.6 Å². The standard InChI is InChI=1S/C13H21N5O/c1-3-4-15-12(19)10-18-8-5-14-9-11(18)13-16-6-7-17(13)2/h3,6-7,11,14H,1,4-5,8-10H2,2H3,(H,15,19). The van der Waals surface area contributed by atoms with Crippen molar-refractivity contribution in [2.45, 2.75) is 6.04 Å². The van der Waals surface area contributed by atoms with E-state index in [1.165, 1.54) is 0 Å². The van der Waals surface area contributed by atoms with E-state index in [0.717, 1.165) is 25.5 Å². The van der Waals surface area contributed by atoms with Crippen molar-refractivity contribution in [1.82, 2.24) is 25.1 Å². The number of carbonyl (C=O) groups is 1. The molecule has 6 heteroatoms. The van der Waals surface area contributed by atoms with Gasteiger partial charge in [0.1, 0.15) is 5.82 Å². The van der Waals surface area contributed by atoms with Crippen molar-refractivity contribution in [1.29, 1.82) is 0 Å². The van der Waals surface area contributed by atoms with Crippen molar-refractivity contribution >= 4 is 5.91 Å². The molecule has 0 radical (unpaired) electrons. The highest BCUT2D eigenvalue weighted by molar-refractivity contribution is 5.78. The molecule has 0 aromatic carbocycles. The Morgan fingerprint density at radius 3 is 3.26 bits per heavy atom. The Kier molecular flexibility index (Phi) is 4.70. The van der Waals surface area contributed by atoms with E-state index < -0.39 is 0 Å². The molecule has 0 bridgehead atoms. The average molecular weight is 263 g/mol. The fraction of sp³-hybridized carbons (Fsp3) is 0.538. The second kappa shape index (κ2) is 6.49. The predicted octanol–water partition coefficient (Wildman–Crippen LogP) is -0.331. The van der Waals surface area contributed by atoms with Crippen LogP contribution in [0.1, 0.15) is 11.9 Å². The number of imidazole rings is 1. The lowest BCUT2D eigenvalue weighted by atomic mass is 10.1. The number of amides is 1. The van der Waals surface area contributed by atoms with E-state index in [9.17, 15) is 4.79 Å². The maximum atomic E-state index is 11.8. The van der Waals surface area contributed by atoms with E-state index in [-0.39, 0.29) is 11.9 Å². The van der Waals surface area contributed by atoms with Gasteiger partial charge in [-0.2, -0.15) is 0 Å². The van der Waals surface area contributed by atoms with Gasteiger partial charge in [-0.15, -0.1) is 6.58 Å². The van der Waals surface area contributed by atoms with Gasteiger partial charge in [0, 0.05) is 45.6 Å². The Hall–Kier alpha value is -1.66. The molecule has 2 rings (SSSR count). The Morgan fingerprint density at radius 2 is 2.58 bits per heavy atom. The summed E-state index contributed by atoms with van der Waals surface area (Å²) in [6.07, 6.45) is 5.41. The molecule has 1 amide bonds. The largest absolute Gasteiger partial charge is 0.352 e. The van der Waals surface area contributed by atoms with E-state index >= 15 is 0 Å². The Morgan fingerprint density at radius 1 is 1.74 bits per heavy atom. The summed E-state index contributed by atoms with van der Waals surface area (Å²) in [6.45, 7) is 7.07. The van der Waals surface area contributed by atoms with Crippen LogP contribution in [-0.2, 0) is 11.8 Å². The summed E-state index contributed by atoms with van der Waals surface area (Å²) in [7, 11) is 1.98. The zero-order valence-corrected chi connectivity index (χ0v) is 11.3. The molecular weight excluding hydrogens is 242 g/mol. The van der Waals surface area contributed by atoms with E-state index in [4.69, 9.17) is 0 Å². The minimum Gasteiger partial charge on any atom is -0.352 e. The molecule has 1 aromatic heterocycles. The van der Waals surface area contributed by atoms with Crippen molar-refractivity contribution in [3.63, 3.8) is 0 Å². The van der Waals surface area contributed by atoms with Crippen molar-refractivity contribution in [2.75, 3.05) is 32.7 Å². The van der Waals surface area contributed by atoms with Gasteiger partial charge in [0.2, 0.25) is 5.91 Å². The third-order valence-electron chi connectivity index (χ3n) is 3.30. The Balaban J connectivity index is 2.02. The number of piperazine rings is 1. The molecule has 1 aliphatic heterocycles. The molecule has 6 nitrogen and oxygen atoms in total. The molecule has 0 saturated carbocycles. The van der Waals surface area contributed by atoms with Crippen LogP contribution in [0.25, 0.3) is 0 Å². The third-order valence-corrected chi connectivity index (χ3v) is 3.30. The van der Waals surface area contributed by atoms with Crippen LogP contribution >= 0.6 is 0 Å². The van der Waals surface area contributed by atoms with Gasteiger partial charge in [-0.3, -0.25) is 9.69 Å². The molecule has 1 atom stereocenters. The van der Waals surface area contributed by atoms with Crippen molar-refractivity contribution < 1.29 is 4.79 Å². The van der Waals surface area contributed by atoms with Crippen LogP contribution in [-0.4, -0.2) is 53.1 Å². The lowest BCUT2D eigenvalue weighted by Gasteiger charge is -2.35. The van der Waals surface area contributed by atoms with Gasteiger partial charge >= 0.3 is 0 Å². The highest BCUT2D eigenvalue weighted by Crippen LogP contribution is 2.19. The second-order valence-corrected chi connectivity index (χ2v) is 4.68. The fourth-order valence-electron chi connectivity index (χ4n) is 2.31. The van der Waals surface area contributed by atoms with Crippen molar-refractivity contribution in [3.8, 4) is 0 Å². The first-order chi connectivity index (χ1) is 9.22. The number of hydrogen-bond donors (Lipinski definition) is 2. The van der Waals surface area contributed by atoms with Crippen LogP contribution in [0.2, 0.25) is 0 Å². The molecule has 0 spiro atoms. The summed E-state index contributed by atoms with van der Waals surface area (Å²) in [5.74, 6) is 1.02. The maximum Gasteiger partial charge on any atom is 0.234 e. The first-order valence-corrected chi connectivity index (χ1v) is 6.52. The molecule has 2 heterocycles. The van der Waals surface area contributed by atoms with Gasteiger partial charge in [-0.1, -0.05) is 6.08 Å². The minimum absolute atomic E-state index is 0.0287. The topological polar surface area (TPSA) is 62.2 Å². The number of rotatable bonds is 5. The molecule has 1 aliphatic rings. The summed E-state index contributed by atoms with van der Waals surface area (Å²) in [5, 5.41) is 6.17. The highest BCUT2D eigenvalue weighted by Gasteiger charge is 2.27. The highest BCUT2D eigenvalue weighted by atomic mass is 16.2. The van der Waals surface area contributed by atoms with E-state index in [0.29, 0.717) is 13.1 Å². The first kappa shape index (κ1) is 13.8. The van der Waals surface area contributed by atoms with Crippen LogP contribution in [0.15, 0.2) is 25.0 Å². The lowest BCUT2D eigenvalue weighted by Crippen LogP contribution is -2.50. The van der Waals surface area contributed by atoms with Crippen molar-refractivity contribution in [3.05, 3.63) is 30.9 Å². The number of carbonyl (C=O) groups excluding carboxylic acids is 1. The number of hydrogen-bond acceptors (Lipinski definition) is 4. The summed E-state index contributed by atoms with van der Waals surface area (Å²) in [6, 6.07) is 0.142. The monoisotopic (exact) mass is 263 g/mol. The van der Waals surface area contributed by atoms with Gasteiger partial charge in [0.25, 0.3) is 0 Å². The third kappa shape index (κ3) is 3.42. The summed E-state index contributed by atoms with van der Waals surface area (Å²) >= 11 is 0. The molecule has 1 fully saturated rings. The Bertz CT molecular complexity index is 442. The number of aromatic nitrogens is 2. The SMILES string of the molecule is C=CCNC(=O)CN1CCNCC1c1nccn1C. The van der Waals surface area contributed by atoms with Crippen LogP contribution in [0.3, 0.4) is 0 Å². The molecule has 2 N–H and O–H groups in total. The molecule has 1 saturated heterocycles. The van der Waals surface area contributed by atoms with E-state index in [1.54, 1.807) is 12.3 Å². The first-order valence-electron chi connectivity index (χ1n) is 6.52. The van der Waals surface area contributed by atoms with Crippen molar-refractivity contribution in [2.24, 2.45) is 7.05 Å². The summed E-state index contributed by atoms with van der Waals surface area (Å²) < 4.78 is 2.01.